The Kier molecular flexibility index (Phi) is 2.97. The number of pyridine rings is 1. The zero-order valence-electron chi connectivity index (χ0n) is 10.8. The Labute approximate surface area is 109 Å². The van der Waals surface area contributed by atoms with Crippen molar-refractivity contribution in [1.29, 1.82) is 0 Å². The molecule has 0 aliphatic carbocycles. The van der Waals surface area contributed by atoms with Gasteiger partial charge in [0, 0.05) is 6.20 Å². The van der Waals surface area contributed by atoms with Crippen molar-refractivity contribution in [3.05, 3.63) is 29.7 Å². The highest BCUT2D eigenvalue weighted by Gasteiger charge is 2.29. The van der Waals surface area contributed by atoms with E-state index in [-0.39, 0.29) is 0 Å². The molecule has 2 N–H and O–H groups in total. The molecule has 0 spiro atoms. The number of aryl methyl sites for hydroxylation is 1. The van der Waals surface area contributed by atoms with Gasteiger partial charge in [-0.15, -0.1) is 10.2 Å². The molecule has 0 aromatic carbocycles. The second-order valence-electron chi connectivity index (χ2n) is 4.78. The van der Waals surface area contributed by atoms with Gasteiger partial charge in [-0.1, -0.05) is 0 Å². The molecule has 2 aromatic heterocycles. The molecule has 0 saturated carbocycles. The summed E-state index contributed by atoms with van der Waals surface area (Å²) in [4.78, 5) is 23.0. The number of fused-ring (bicyclic) bond motifs is 1. The Morgan fingerprint density at radius 2 is 2.00 bits per heavy atom. The van der Waals surface area contributed by atoms with Crippen LogP contribution in [0, 0.1) is 6.92 Å². The Morgan fingerprint density at radius 1 is 1.32 bits per heavy atom. The van der Waals surface area contributed by atoms with E-state index in [1.807, 2.05) is 0 Å². The number of hydrogen-bond donors (Lipinski definition) is 2. The molecular formula is C12H14N4O3. The number of carbonyl (C=O) groups excluding carboxylic acids is 1. The molecule has 2 rings (SSSR count). The summed E-state index contributed by atoms with van der Waals surface area (Å²) in [5, 5.41) is 19.2. The largest absolute Gasteiger partial charge is 0.480 e. The predicted molar refractivity (Wildman–Crippen MR) is 66.9 cm³/mol. The van der Waals surface area contributed by atoms with Crippen molar-refractivity contribution in [1.82, 2.24) is 19.9 Å². The van der Waals surface area contributed by atoms with Gasteiger partial charge in [0.05, 0.1) is 5.56 Å². The first-order chi connectivity index (χ1) is 8.81. The van der Waals surface area contributed by atoms with Gasteiger partial charge in [-0.3, -0.25) is 9.20 Å². The third-order valence-electron chi connectivity index (χ3n) is 2.80. The van der Waals surface area contributed by atoms with Gasteiger partial charge < -0.3 is 10.4 Å². The van der Waals surface area contributed by atoms with Crippen molar-refractivity contribution in [2.24, 2.45) is 0 Å². The SMILES string of the molecule is Cc1nnc2ccc(C(=O)NC(C)(C)C(=O)O)cn12. The molecular weight excluding hydrogens is 248 g/mol. The molecule has 2 heterocycles. The minimum Gasteiger partial charge on any atom is -0.480 e. The molecule has 19 heavy (non-hydrogen) atoms. The molecule has 0 radical (unpaired) electrons. The molecule has 7 heteroatoms. The third kappa shape index (κ3) is 2.40. The van der Waals surface area contributed by atoms with Gasteiger partial charge in [-0.05, 0) is 32.9 Å². The van der Waals surface area contributed by atoms with E-state index in [0.717, 1.165) is 0 Å². The molecule has 7 nitrogen and oxygen atoms in total. The van der Waals surface area contributed by atoms with Crippen LogP contribution in [0.2, 0.25) is 0 Å². The van der Waals surface area contributed by atoms with Crippen LogP contribution >= 0.6 is 0 Å². The molecule has 0 aliphatic heterocycles. The smallest absolute Gasteiger partial charge is 0.328 e. The summed E-state index contributed by atoms with van der Waals surface area (Å²) in [6, 6.07) is 3.24. The summed E-state index contributed by atoms with van der Waals surface area (Å²) in [5.74, 6) is -0.896. The van der Waals surface area contributed by atoms with Crippen LogP contribution in [-0.4, -0.2) is 37.1 Å². The van der Waals surface area contributed by atoms with Crippen molar-refractivity contribution >= 4 is 17.5 Å². The first-order valence-corrected chi connectivity index (χ1v) is 5.68. The number of rotatable bonds is 3. The summed E-state index contributed by atoms with van der Waals surface area (Å²) < 4.78 is 1.67. The first kappa shape index (κ1) is 13.0. The van der Waals surface area contributed by atoms with Gasteiger partial charge in [-0.2, -0.15) is 0 Å². The lowest BCUT2D eigenvalue weighted by Gasteiger charge is -2.20. The van der Waals surface area contributed by atoms with Gasteiger partial charge in [-0.25, -0.2) is 4.79 Å². The quantitative estimate of drug-likeness (QED) is 0.845. The maximum atomic E-state index is 12.0. The normalized spacial score (nSPS) is 11.5. The fourth-order valence-corrected chi connectivity index (χ4v) is 1.55. The first-order valence-electron chi connectivity index (χ1n) is 5.68. The van der Waals surface area contributed by atoms with E-state index in [1.165, 1.54) is 13.8 Å². The molecule has 2 aromatic rings. The number of hydrogen-bond acceptors (Lipinski definition) is 4. The fraction of sp³-hybridized carbons (Fsp3) is 0.333. The fourth-order valence-electron chi connectivity index (χ4n) is 1.55. The summed E-state index contributed by atoms with van der Waals surface area (Å²) in [5.41, 5.74) is -0.342. The third-order valence-corrected chi connectivity index (χ3v) is 2.80. The maximum Gasteiger partial charge on any atom is 0.328 e. The van der Waals surface area contributed by atoms with E-state index < -0.39 is 17.4 Å². The monoisotopic (exact) mass is 262 g/mol. The van der Waals surface area contributed by atoms with Crippen LogP contribution in [0.4, 0.5) is 0 Å². The second-order valence-corrected chi connectivity index (χ2v) is 4.78. The minimum absolute atomic E-state index is 0.352. The van der Waals surface area contributed by atoms with Crippen LogP contribution in [0.3, 0.4) is 0 Å². The lowest BCUT2D eigenvalue weighted by atomic mass is 10.1. The highest BCUT2D eigenvalue weighted by Crippen LogP contribution is 2.09. The van der Waals surface area contributed by atoms with E-state index in [0.29, 0.717) is 17.0 Å². The number of aliphatic carboxylic acids is 1. The summed E-state index contributed by atoms with van der Waals surface area (Å²) in [6.07, 6.45) is 1.58. The van der Waals surface area contributed by atoms with Crippen LogP contribution in [0.5, 0.6) is 0 Å². The van der Waals surface area contributed by atoms with E-state index in [4.69, 9.17) is 5.11 Å². The van der Waals surface area contributed by atoms with Crippen LogP contribution in [0.15, 0.2) is 18.3 Å². The number of carboxylic acid groups (broad SMARTS) is 1. The summed E-state index contributed by atoms with van der Waals surface area (Å²) in [6.45, 7) is 4.62. The summed E-state index contributed by atoms with van der Waals surface area (Å²) in [7, 11) is 0. The van der Waals surface area contributed by atoms with Crippen molar-refractivity contribution < 1.29 is 14.7 Å². The van der Waals surface area contributed by atoms with Gasteiger partial charge in [0.1, 0.15) is 11.4 Å². The Morgan fingerprint density at radius 3 is 2.63 bits per heavy atom. The number of carbonyl (C=O) groups is 2. The molecule has 1 amide bonds. The van der Waals surface area contributed by atoms with Crippen LogP contribution < -0.4 is 5.32 Å². The van der Waals surface area contributed by atoms with E-state index in [2.05, 4.69) is 15.5 Å². The maximum absolute atomic E-state index is 12.0. The van der Waals surface area contributed by atoms with Gasteiger partial charge in [0.15, 0.2) is 5.65 Å². The predicted octanol–water partition coefficient (Wildman–Crippen LogP) is 0.631. The van der Waals surface area contributed by atoms with Crippen molar-refractivity contribution in [3.63, 3.8) is 0 Å². The Bertz CT molecular complexity index is 660. The number of aromatic nitrogens is 3. The standard InChI is InChI=1S/C12H14N4O3/c1-7-14-15-9-5-4-8(6-16(7)9)10(17)13-12(2,3)11(18)19/h4-6H,1-3H3,(H,13,17)(H,18,19). The lowest BCUT2D eigenvalue weighted by molar-refractivity contribution is -0.143. The molecule has 0 aliphatic rings. The molecule has 0 fully saturated rings. The number of nitrogens with one attached hydrogen (secondary N) is 1. The van der Waals surface area contributed by atoms with Crippen LogP contribution in [0.1, 0.15) is 30.0 Å². The van der Waals surface area contributed by atoms with Gasteiger partial charge in [0.25, 0.3) is 5.91 Å². The van der Waals surface area contributed by atoms with E-state index >= 15 is 0 Å². The highest BCUT2D eigenvalue weighted by molar-refractivity contribution is 5.97. The lowest BCUT2D eigenvalue weighted by Crippen LogP contribution is -2.49. The average Bonchev–Trinajstić information content (AvgIpc) is 2.70. The van der Waals surface area contributed by atoms with Crippen molar-refractivity contribution in [2.75, 3.05) is 0 Å². The van der Waals surface area contributed by atoms with Crippen molar-refractivity contribution in [3.8, 4) is 0 Å². The minimum atomic E-state index is -1.33. The average molecular weight is 262 g/mol. The topological polar surface area (TPSA) is 96.6 Å². The molecule has 0 saturated heterocycles. The zero-order valence-corrected chi connectivity index (χ0v) is 10.8. The van der Waals surface area contributed by atoms with Crippen molar-refractivity contribution in [2.45, 2.75) is 26.3 Å². The molecule has 100 valence electrons. The summed E-state index contributed by atoms with van der Waals surface area (Å²) >= 11 is 0. The van der Waals surface area contributed by atoms with Gasteiger partial charge in [0.2, 0.25) is 0 Å². The number of amides is 1. The Balaban J connectivity index is 2.31. The molecule has 0 atom stereocenters. The second kappa shape index (κ2) is 4.34. The van der Waals surface area contributed by atoms with Gasteiger partial charge >= 0.3 is 5.97 Å². The van der Waals surface area contributed by atoms with E-state index in [1.54, 1.807) is 29.7 Å². The Hall–Kier alpha value is -2.44. The van der Waals surface area contributed by atoms with Crippen LogP contribution in [-0.2, 0) is 4.79 Å². The number of carboxylic acids is 1. The molecule has 0 unspecified atom stereocenters. The zero-order chi connectivity index (χ0) is 14.2. The van der Waals surface area contributed by atoms with E-state index in [9.17, 15) is 9.59 Å². The van der Waals surface area contributed by atoms with Crippen LogP contribution in [0.25, 0.3) is 5.65 Å². The number of nitrogens with zero attached hydrogens (tertiary/aromatic N) is 3. The highest BCUT2D eigenvalue weighted by atomic mass is 16.4. The molecule has 0 bridgehead atoms.